The van der Waals surface area contributed by atoms with Gasteiger partial charge in [-0.05, 0) is 6.92 Å². The third-order valence-electron chi connectivity index (χ3n) is 1.80. The van der Waals surface area contributed by atoms with Gasteiger partial charge in [0.25, 0.3) is 0 Å². The number of methoxy groups -OCH3 is 1. The Morgan fingerprint density at radius 2 is 1.83 bits per heavy atom. The van der Waals surface area contributed by atoms with Gasteiger partial charge in [-0.3, -0.25) is 0 Å². The van der Waals surface area contributed by atoms with Crippen LogP contribution in [0.3, 0.4) is 0 Å². The van der Waals surface area contributed by atoms with Crippen molar-refractivity contribution in [1.82, 2.24) is 15.0 Å². The van der Waals surface area contributed by atoms with E-state index in [9.17, 15) is 8.42 Å². The van der Waals surface area contributed by atoms with E-state index in [0.29, 0.717) is 12.5 Å². The first-order valence-electron chi connectivity index (χ1n) is 5.23. The molecule has 0 aromatic carbocycles. The second-order valence-corrected chi connectivity index (χ2v) is 5.03. The fourth-order valence-electron chi connectivity index (χ4n) is 1.07. The lowest BCUT2D eigenvalue weighted by atomic mass is 10.7. The van der Waals surface area contributed by atoms with Crippen LogP contribution in [0.1, 0.15) is 6.92 Å². The van der Waals surface area contributed by atoms with Crippen LogP contribution < -0.4 is 20.5 Å². The van der Waals surface area contributed by atoms with Gasteiger partial charge in [-0.1, -0.05) is 0 Å². The molecule has 0 saturated carbocycles. The summed E-state index contributed by atoms with van der Waals surface area (Å²) in [7, 11) is -2.08. The van der Waals surface area contributed by atoms with E-state index in [1.54, 1.807) is 0 Å². The summed E-state index contributed by atoms with van der Waals surface area (Å²) in [5.74, 6) is 0.362. The van der Waals surface area contributed by atoms with Gasteiger partial charge in [0.1, 0.15) is 0 Å². The van der Waals surface area contributed by atoms with Crippen molar-refractivity contribution in [2.45, 2.75) is 6.92 Å². The van der Waals surface area contributed by atoms with Crippen molar-refractivity contribution >= 4 is 21.9 Å². The third kappa shape index (κ3) is 5.10. The van der Waals surface area contributed by atoms with Crippen molar-refractivity contribution < 1.29 is 13.2 Å². The summed E-state index contributed by atoms with van der Waals surface area (Å²) >= 11 is 0. The Labute approximate surface area is 105 Å². The molecular formula is C8H16N6O3S. The molecule has 4 N–H and O–H groups in total. The van der Waals surface area contributed by atoms with E-state index in [1.807, 2.05) is 6.92 Å². The molecule has 0 aliphatic carbocycles. The van der Waals surface area contributed by atoms with E-state index < -0.39 is 10.0 Å². The minimum Gasteiger partial charge on any atom is -0.467 e. The number of aromatic nitrogens is 3. The van der Waals surface area contributed by atoms with E-state index in [4.69, 9.17) is 9.88 Å². The van der Waals surface area contributed by atoms with E-state index >= 15 is 0 Å². The van der Waals surface area contributed by atoms with E-state index in [2.05, 4.69) is 25.6 Å². The SMILES string of the molecule is CCNc1nc(NCCS(N)(=O)=O)nc(OC)n1. The predicted molar refractivity (Wildman–Crippen MR) is 67.0 cm³/mol. The Kier molecular flexibility index (Phi) is 5.04. The minimum atomic E-state index is -3.51. The van der Waals surface area contributed by atoms with Crippen LogP contribution in [0.15, 0.2) is 0 Å². The summed E-state index contributed by atoms with van der Waals surface area (Å²) in [4.78, 5) is 11.9. The first-order valence-corrected chi connectivity index (χ1v) is 6.94. The number of ether oxygens (including phenoxy) is 1. The second kappa shape index (κ2) is 6.31. The highest BCUT2D eigenvalue weighted by Gasteiger charge is 2.07. The number of sulfonamides is 1. The van der Waals surface area contributed by atoms with Crippen LogP contribution in [0.2, 0.25) is 0 Å². The molecule has 1 heterocycles. The first kappa shape index (κ1) is 14.4. The maximum Gasteiger partial charge on any atom is 0.322 e. The molecule has 102 valence electrons. The Morgan fingerprint density at radius 1 is 1.22 bits per heavy atom. The highest BCUT2D eigenvalue weighted by atomic mass is 32.2. The van der Waals surface area contributed by atoms with Crippen LogP contribution in [0.4, 0.5) is 11.9 Å². The summed E-state index contributed by atoms with van der Waals surface area (Å²) < 4.78 is 26.4. The Bertz CT molecular complexity index is 492. The molecule has 0 radical (unpaired) electrons. The molecule has 0 bridgehead atoms. The number of primary sulfonamides is 1. The molecule has 0 atom stereocenters. The molecule has 0 fully saturated rings. The highest BCUT2D eigenvalue weighted by molar-refractivity contribution is 7.89. The third-order valence-corrected chi connectivity index (χ3v) is 2.58. The quantitative estimate of drug-likeness (QED) is 0.578. The van der Waals surface area contributed by atoms with Crippen LogP contribution >= 0.6 is 0 Å². The molecular weight excluding hydrogens is 260 g/mol. The lowest BCUT2D eigenvalue weighted by Crippen LogP contribution is -2.23. The average Bonchev–Trinajstić information content (AvgIpc) is 2.27. The average molecular weight is 276 g/mol. The number of anilines is 2. The van der Waals surface area contributed by atoms with Gasteiger partial charge in [0.2, 0.25) is 21.9 Å². The summed E-state index contributed by atoms with van der Waals surface area (Å²) in [5, 5.41) is 10.5. The Hall–Kier alpha value is -1.68. The maximum atomic E-state index is 10.8. The molecule has 18 heavy (non-hydrogen) atoms. The molecule has 1 rings (SSSR count). The van der Waals surface area contributed by atoms with Crippen LogP contribution in [0.5, 0.6) is 6.01 Å². The largest absolute Gasteiger partial charge is 0.467 e. The molecule has 0 saturated heterocycles. The zero-order chi connectivity index (χ0) is 13.6. The van der Waals surface area contributed by atoms with Gasteiger partial charge in [-0.2, -0.15) is 15.0 Å². The minimum absolute atomic E-state index is 0.109. The number of nitrogens with two attached hydrogens (primary N) is 1. The summed E-state index contributed by atoms with van der Waals surface area (Å²) in [6.45, 7) is 2.64. The zero-order valence-electron chi connectivity index (χ0n) is 10.2. The normalized spacial score (nSPS) is 11.1. The summed E-state index contributed by atoms with van der Waals surface area (Å²) in [5.41, 5.74) is 0. The lowest BCUT2D eigenvalue weighted by molar-refractivity contribution is 0.379. The van der Waals surface area contributed by atoms with Crippen molar-refractivity contribution in [1.29, 1.82) is 0 Å². The summed E-state index contributed by atoms with van der Waals surface area (Å²) in [6, 6.07) is 0.138. The zero-order valence-corrected chi connectivity index (χ0v) is 11.0. The number of hydrogen-bond donors (Lipinski definition) is 3. The molecule has 0 aliphatic heterocycles. The molecule has 9 nitrogen and oxygen atoms in total. The van der Waals surface area contributed by atoms with Crippen LogP contribution in [-0.4, -0.2) is 49.3 Å². The monoisotopic (exact) mass is 276 g/mol. The highest BCUT2D eigenvalue weighted by Crippen LogP contribution is 2.10. The molecule has 1 aromatic rings. The molecule has 0 amide bonds. The fourth-order valence-corrected chi connectivity index (χ4v) is 1.46. The molecule has 1 aromatic heterocycles. The van der Waals surface area contributed by atoms with Crippen molar-refractivity contribution in [2.24, 2.45) is 5.14 Å². The lowest BCUT2D eigenvalue weighted by Gasteiger charge is -2.07. The van der Waals surface area contributed by atoms with Crippen molar-refractivity contribution in [3.05, 3.63) is 0 Å². The van der Waals surface area contributed by atoms with Gasteiger partial charge in [-0.25, -0.2) is 13.6 Å². The van der Waals surface area contributed by atoms with Gasteiger partial charge in [0.05, 0.1) is 12.9 Å². The van der Waals surface area contributed by atoms with Gasteiger partial charge >= 0.3 is 6.01 Å². The number of nitrogens with one attached hydrogen (secondary N) is 2. The van der Waals surface area contributed by atoms with Gasteiger partial charge < -0.3 is 15.4 Å². The molecule has 0 unspecified atom stereocenters. The predicted octanol–water partition coefficient (Wildman–Crippen LogP) is -0.988. The Morgan fingerprint density at radius 3 is 2.33 bits per heavy atom. The van der Waals surface area contributed by atoms with Crippen molar-refractivity contribution in [2.75, 3.05) is 36.6 Å². The molecule has 10 heteroatoms. The Balaban J connectivity index is 2.72. The first-order chi connectivity index (χ1) is 8.44. The van der Waals surface area contributed by atoms with Gasteiger partial charge in [0.15, 0.2) is 0 Å². The van der Waals surface area contributed by atoms with Crippen LogP contribution in [-0.2, 0) is 10.0 Å². The van der Waals surface area contributed by atoms with Crippen molar-refractivity contribution in [3.63, 3.8) is 0 Å². The van der Waals surface area contributed by atoms with Crippen LogP contribution in [0, 0.1) is 0 Å². The standard InChI is InChI=1S/C8H16N6O3S/c1-3-10-6-12-7(14-8(13-6)17-2)11-4-5-18(9,15)16/h3-5H2,1-2H3,(H2,9,15,16)(H2,10,11,12,13,14). The maximum absolute atomic E-state index is 10.8. The number of rotatable bonds is 7. The van der Waals surface area contributed by atoms with E-state index in [0.717, 1.165) is 0 Å². The number of nitrogens with zero attached hydrogens (tertiary/aromatic N) is 3. The van der Waals surface area contributed by atoms with Crippen LogP contribution in [0.25, 0.3) is 0 Å². The van der Waals surface area contributed by atoms with E-state index in [1.165, 1.54) is 7.11 Å². The number of hydrogen-bond acceptors (Lipinski definition) is 8. The second-order valence-electron chi connectivity index (χ2n) is 3.29. The topological polar surface area (TPSA) is 132 Å². The fraction of sp³-hybridized carbons (Fsp3) is 0.625. The molecule has 0 aliphatic rings. The molecule has 0 spiro atoms. The van der Waals surface area contributed by atoms with Gasteiger partial charge in [0, 0.05) is 13.1 Å². The smallest absolute Gasteiger partial charge is 0.322 e. The van der Waals surface area contributed by atoms with E-state index in [-0.39, 0.29) is 24.3 Å². The van der Waals surface area contributed by atoms with Crippen molar-refractivity contribution in [3.8, 4) is 6.01 Å². The van der Waals surface area contributed by atoms with Gasteiger partial charge in [-0.15, -0.1) is 0 Å². The summed E-state index contributed by atoms with van der Waals surface area (Å²) in [6.07, 6.45) is 0.